The molecule has 2 aromatic rings. The average molecular weight is 339 g/mol. The van der Waals surface area contributed by atoms with Crippen LogP contribution in [0.1, 0.15) is 35.4 Å². The monoisotopic (exact) mass is 339 g/mol. The summed E-state index contributed by atoms with van der Waals surface area (Å²) < 4.78 is 0. The maximum Gasteiger partial charge on any atom is 0.319 e. The lowest BCUT2D eigenvalue weighted by atomic mass is 10.1. The number of aromatic nitrogens is 2. The molecule has 0 aliphatic carbocycles. The molecule has 6 nitrogen and oxygen atoms in total. The van der Waals surface area contributed by atoms with E-state index in [1.807, 2.05) is 39.0 Å². The van der Waals surface area contributed by atoms with E-state index < -0.39 is 0 Å². The van der Waals surface area contributed by atoms with E-state index >= 15 is 0 Å². The van der Waals surface area contributed by atoms with E-state index in [0.29, 0.717) is 6.54 Å². The lowest BCUT2D eigenvalue weighted by Crippen LogP contribution is -2.29. The number of urea groups is 1. The molecule has 2 N–H and O–H groups in total. The van der Waals surface area contributed by atoms with E-state index in [1.165, 1.54) is 12.8 Å². The van der Waals surface area contributed by atoms with Crippen LogP contribution in [0.3, 0.4) is 0 Å². The largest absolute Gasteiger partial charge is 0.341 e. The van der Waals surface area contributed by atoms with Gasteiger partial charge in [0.05, 0.1) is 12.2 Å². The minimum atomic E-state index is -0.232. The molecule has 2 amide bonds. The first kappa shape index (κ1) is 17.2. The highest BCUT2D eigenvalue weighted by Crippen LogP contribution is 2.17. The summed E-state index contributed by atoms with van der Waals surface area (Å²) >= 11 is 0. The van der Waals surface area contributed by atoms with Crippen LogP contribution in [0.15, 0.2) is 24.3 Å². The van der Waals surface area contributed by atoms with Crippen molar-refractivity contribution >= 4 is 17.7 Å². The van der Waals surface area contributed by atoms with Crippen molar-refractivity contribution in [1.29, 1.82) is 0 Å². The van der Waals surface area contributed by atoms with Gasteiger partial charge in [-0.1, -0.05) is 6.07 Å². The van der Waals surface area contributed by atoms with Crippen LogP contribution in [0.5, 0.6) is 0 Å². The molecule has 0 radical (unpaired) electrons. The average Bonchev–Trinajstić information content (AvgIpc) is 3.06. The van der Waals surface area contributed by atoms with Gasteiger partial charge in [0.1, 0.15) is 0 Å². The van der Waals surface area contributed by atoms with Crippen molar-refractivity contribution in [2.45, 2.75) is 40.2 Å². The Morgan fingerprint density at radius 1 is 1.04 bits per heavy atom. The molecule has 1 aliphatic heterocycles. The minimum absolute atomic E-state index is 0.232. The summed E-state index contributed by atoms with van der Waals surface area (Å²) in [7, 11) is 0. The first-order valence-electron chi connectivity index (χ1n) is 8.72. The van der Waals surface area contributed by atoms with Crippen molar-refractivity contribution in [3.05, 3.63) is 46.8 Å². The second-order valence-electron chi connectivity index (χ2n) is 6.68. The molecule has 1 aromatic heterocycles. The molecule has 0 spiro atoms. The highest BCUT2D eigenvalue weighted by Gasteiger charge is 2.16. The lowest BCUT2D eigenvalue weighted by Gasteiger charge is -2.16. The van der Waals surface area contributed by atoms with Crippen molar-refractivity contribution in [1.82, 2.24) is 15.3 Å². The Morgan fingerprint density at radius 2 is 1.72 bits per heavy atom. The fourth-order valence-electron chi connectivity index (χ4n) is 3.16. The second kappa shape index (κ2) is 7.51. The molecule has 0 bridgehead atoms. The normalized spacial score (nSPS) is 13.8. The van der Waals surface area contributed by atoms with E-state index in [-0.39, 0.29) is 6.03 Å². The quantitative estimate of drug-likeness (QED) is 0.896. The number of benzene rings is 1. The SMILES string of the molecule is Cc1cc(C)cc(NC(=O)NCc2cc(C)nc(N3CCCC3)n2)c1. The summed E-state index contributed by atoms with van der Waals surface area (Å²) in [5.41, 5.74) is 4.79. The molecule has 0 unspecified atom stereocenters. The first-order chi connectivity index (χ1) is 12.0. The molecule has 25 heavy (non-hydrogen) atoms. The molecule has 2 heterocycles. The topological polar surface area (TPSA) is 70.2 Å². The Hall–Kier alpha value is -2.63. The summed E-state index contributed by atoms with van der Waals surface area (Å²) in [5.74, 6) is 0.768. The van der Waals surface area contributed by atoms with Crippen LogP contribution in [0, 0.1) is 20.8 Å². The van der Waals surface area contributed by atoms with Gasteiger partial charge in [0.25, 0.3) is 0 Å². The number of amides is 2. The van der Waals surface area contributed by atoms with Crippen molar-refractivity contribution in [3.63, 3.8) is 0 Å². The fourth-order valence-corrected chi connectivity index (χ4v) is 3.16. The van der Waals surface area contributed by atoms with Crippen molar-refractivity contribution in [2.75, 3.05) is 23.3 Å². The van der Waals surface area contributed by atoms with Gasteiger partial charge in [-0.15, -0.1) is 0 Å². The molecule has 1 saturated heterocycles. The lowest BCUT2D eigenvalue weighted by molar-refractivity contribution is 0.251. The number of aryl methyl sites for hydroxylation is 3. The third-order valence-electron chi connectivity index (χ3n) is 4.19. The van der Waals surface area contributed by atoms with Crippen molar-refractivity contribution in [3.8, 4) is 0 Å². The number of hydrogen-bond donors (Lipinski definition) is 2. The van der Waals surface area contributed by atoms with Crippen LogP contribution < -0.4 is 15.5 Å². The zero-order chi connectivity index (χ0) is 17.8. The van der Waals surface area contributed by atoms with E-state index in [4.69, 9.17) is 0 Å². The second-order valence-corrected chi connectivity index (χ2v) is 6.68. The van der Waals surface area contributed by atoms with Gasteiger partial charge in [0, 0.05) is 24.5 Å². The number of rotatable bonds is 4. The van der Waals surface area contributed by atoms with Gasteiger partial charge >= 0.3 is 6.03 Å². The number of carbonyl (C=O) groups is 1. The fraction of sp³-hybridized carbons (Fsp3) is 0.421. The number of nitrogens with one attached hydrogen (secondary N) is 2. The van der Waals surface area contributed by atoms with Gasteiger partial charge in [-0.05, 0) is 62.9 Å². The van der Waals surface area contributed by atoms with Crippen LogP contribution in [0.4, 0.5) is 16.4 Å². The Balaban J connectivity index is 1.61. The molecule has 3 rings (SSSR count). The number of anilines is 2. The number of hydrogen-bond acceptors (Lipinski definition) is 4. The summed E-state index contributed by atoms with van der Waals surface area (Å²) in [6, 6.07) is 7.66. The summed E-state index contributed by atoms with van der Waals surface area (Å²) in [4.78, 5) is 23.5. The van der Waals surface area contributed by atoms with E-state index in [1.54, 1.807) is 0 Å². The predicted molar refractivity (Wildman–Crippen MR) is 100.0 cm³/mol. The van der Waals surface area contributed by atoms with Crippen LogP contribution >= 0.6 is 0 Å². The number of nitrogens with zero attached hydrogens (tertiary/aromatic N) is 3. The molecule has 0 saturated carbocycles. The molecule has 132 valence electrons. The maximum absolute atomic E-state index is 12.2. The standard InChI is InChI=1S/C19H25N5O/c1-13-8-14(2)10-16(9-13)23-19(25)20-12-17-11-15(3)21-18(22-17)24-6-4-5-7-24/h8-11H,4-7,12H2,1-3H3,(H2,20,23,25). The van der Waals surface area contributed by atoms with Crippen LogP contribution in [0.25, 0.3) is 0 Å². The molecule has 1 aliphatic rings. The Kier molecular flexibility index (Phi) is 5.16. The molecule has 0 atom stereocenters. The molecule has 6 heteroatoms. The van der Waals surface area contributed by atoms with Crippen molar-refractivity contribution in [2.24, 2.45) is 0 Å². The highest BCUT2D eigenvalue weighted by molar-refractivity contribution is 5.89. The van der Waals surface area contributed by atoms with Gasteiger partial charge in [0.2, 0.25) is 5.95 Å². The van der Waals surface area contributed by atoms with Crippen LogP contribution in [0.2, 0.25) is 0 Å². The van der Waals surface area contributed by atoms with Gasteiger partial charge < -0.3 is 15.5 Å². The minimum Gasteiger partial charge on any atom is -0.341 e. The highest BCUT2D eigenvalue weighted by atomic mass is 16.2. The van der Waals surface area contributed by atoms with Gasteiger partial charge in [-0.2, -0.15) is 0 Å². The van der Waals surface area contributed by atoms with Gasteiger partial charge in [-0.3, -0.25) is 0 Å². The van der Waals surface area contributed by atoms with E-state index in [2.05, 4.69) is 31.6 Å². The van der Waals surface area contributed by atoms with Crippen LogP contribution in [-0.2, 0) is 6.54 Å². The smallest absolute Gasteiger partial charge is 0.319 e. The first-order valence-corrected chi connectivity index (χ1v) is 8.72. The Morgan fingerprint density at radius 3 is 2.40 bits per heavy atom. The predicted octanol–water partition coefficient (Wildman–Crippen LogP) is 3.32. The zero-order valence-corrected chi connectivity index (χ0v) is 15.1. The molecular formula is C19H25N5O. The van der Waals surface area contributed by atoms with E-state index in [9.17, 15) is 4.79 Å². The summed E-state index contributed by atoms with van der Waals surface area (Å²) in [6.45, 7) is 8.37. The summed E-state index contributed by atoms with van der Waals surface area (Å²) in [6.07, 6.45) is 2.37. The zero-order valence-electron chi connectivity index (χ0n) is 15.1. The van der Waals surface area contributed by atoms with E-state index in [0.717, 1.165) is 47.2 Å². The van der Waals surface area contributed by atoms with Gasteiger partial charge in [0.15, 0.2) is 0 Å². The van der Waals surface area contributed by atoms with Crippen molar-refractivity contribution < 1.29 is 4.79 Å². The third kappa shape index (κ3) is 4.68. The summed E-state index contributed by atoms with van der Waals surface area (Å²) in [5, 5.41) is 5.75. The molecular weight excluding hydrogens is 314 g/mol. The Labute approximate surface area is 148 Å². The van der Waals surface area contributed by atoms with Crippen LogP contribution in [-0.4, -0.2) is 29.1 Å². The molecule has 1 fully saturated rings. The Bertz CT molecular complexity index is 748. The third-order valence-corrected chi connectivity index (χ3v) is 4.19. The molecule has 1 aromatic carbocycles. The van der Waals surface area contributed by atoms with Gasteiger partial charge in [-0.25, -0.2) is 14.8 Å². The number of carbonyl (C=O) groups excluding carboxylic acids is 1. The maximum atomic E-state index is 12.2.